The van der Waals surface area contributed by atoms with Crippen LogP contribution >= 0.6 is 35.0 Å². The molecule has 2 rings (SSSR count). The van der Waals surface area contributed by atoms with E-state index in [9.17, 15) is 9.59 Å². The summed E-state index contributed by atoms with van der Waals surface area (Å²) in [7, 11) is 0. The number of hydrogen-bond acceptors (Lipinski definition) is 3. The molecule has 1 N–H and O–H groups in total. The van der Waals surface area contributed by atoms with Gasteiger partial charge in [0.05, 0.1) is 10.3 Å². The third-order valence-electron chi connectivity index (χ3n) is 3.13. The molecule has 0 unspecified atom stereocenters. The van der Waals surface area contributed by atoms with Crippen LogP contribution in [0.2, 0.25) is 10.0 Å². The van der Waals surface area contributed by atoms with Crippen molar-refractivity contribution in [2.75, 3.05) is 5.32 Å². The van der Waals surface area contributed by atoms with Crippen LogP contribution in [-0.4, -0.2) is 16.9 Å². The summed E-state index contributed by atoms with van der Waals surface area (Å²) in [6.07, 6.45) is 0. The molecule has 0 spiro atoms. The van der Waals surface area contributed by atoms with Crippen molar-refractivity contribution in [2.45, 2.75) is 24.0 Å². The van der Waals surface area contributed by atoms with Crippen LogP contribution < -0.4 is 5.32 Å². The Kier molecular flexibility index (Phi) is 6.10. The van der Waals surface area contributed by atoms with Crippen LogP contribution in [0.4, 0.5) is 5.69 Å². The smallest absolute Gasteiger partial charge is 0.237 e. The molecule has 2 aromatic rings. The van der Waals surface area contributed by atoms with Crippen molar-refractivity contribution in [3.8, 4) is 0 Å². The molecule has 0 aromatic heterocycles. The van der Waals surface area contributed by atoms with Crippen LogP contribution in [0.5, 0.6) is 0 Å². The second-order valence-electron chi connectivity index (χ2n) is 4.96. The zero-order valence-electron chi connectivity index (χ0n) is 12.6. The SMILES string of the molecule is CC(=O)c1ccc(NC(=O)[C@@H](C)Sc2cc(Cl)ccc2Cl)cc1. The number of ketones is 1. The van der Waals surface area contributed by atoms with Gasteiger partial charge >= 0.3 is 0 Å². The van der Waals surface area contributed by atoms with E-state index in [0.717, 1.165) is 4.90 Å². The second kappa shape index (κ2) is 7.86. The molecule has 0 heterocycles. The highest BCUT2D eigenvalue weighted by molar-refractivity contribution is 8.00. The molecule has 3 nitrogen and oxygen atoms in total. The minimum absolute atomic E-state index is 0.0117. The maximum atomic E-state index is 12.3. The van der Waals surface area contributed by atoms with Crippen LogP contribution in [0.15, 0.2) is 47.4 Å². The van der Waals surface area contributed by atoms with E-state index >= 15 is 0 Å². The van der Waals surface area contributed by atoms with E-state index < -0.39 is 0 Å². The van der Waals surface area contributed by atoms with Crippen LogP contribution in [0.3, 0.4) is 0 Å². The highest BCUT2D eigenvalue weighted by Crippen LogP contribution is 2.33. The summed E-state index contributed by atoms with van der Waals surface area (Å²) >= 11 is 13.4. The predicted octanol–water partition coefficient (Wildman–Crippen LogP) is 5.32. The summed E-state index contributed by atoms with van der Waals surface area (Å²) in [5.74, 6) is -0.163. The number of rotatable bonds is 5. The largest absolute Gasteiger partial charge is 0.325 e. The fourth-order valence-corrected chi connectivity index (χ4v) is 3.25. The van der Waals surface area contributed by atoms with E-state index in [2.05, 4.69) is 5.32 Å². The Hall–Kier alpha value is -1.49. The number of Topliss-reactive ketones (excluding diaryl/α,β-unsaturated/α-hetero) is 1. The van der Waals surface area contributed by atoms with Crippen molar-refractivity contribution in [3.05, 3.63) is 58.1 Å². The molecule has 0 saturated heterocycles. The Morgan fingerprint density at radius 3 is 2.35 bits per heavy atom. The van der Waals surface area contributed by atoms with Gasteiger partial charge < -0.3 is 5.32 Å². The molecule has 2 aromatic carbocycles. The van der Waals surface area contributed by atoms with E-state index in [4.69, 9.17) is 23.2 Å². The fraction of sp³-hybridized carbons (Fsp3) is 0.176. The molecule has 23 heavy (non-hydrogen) atoms. The van der Waals surface area contributed by atoms with Crippen molar-refractivity contribution in [2.24, 2.45) is 0 Å². The monoisotopic (exact) mass is 367 g/mol. The standard InChI is InChI=1S/C17H15Cl2NO2S/c1-10(21)12-3-6-14(7-4-12)20-17(22)11(2)23-16-9-13(18)5-8-15(16)19/h3-9,11H,1-2H3,(H,20,22)/t11-/m1/s1. The lowest BCUT2D eigenvalue weighted by Crippen LogP contribution is -2.22. The molecule has 6 heteroatoms. The van der Waals surface area contributed by atoms with Crippen molar-refractivity contribution >= 4 is 52.3 Å². The molecule has 1 atom stereocenters. The lowest BCUT2D eigenvalue weighted by Gasteiger charge is -2.13. The molecule has 0 aliphatic rings. The van der Waals surface area contributed by atoms with Crippen LogP contribution in [-0.2, 0) is 4.79 Å². The zero-order chi connectivity index (χ0) is 17.0. The van der Waals surface area contributed by atoms with Crippen molar-refractivity contribution < 1.29 is 9.59 Å². The normalized spacial score (nSPS) is 11.8. The lowest BCUT2D eigenvalue weighted by molar-refractivity contribution is -0.115. The summed E-state index contributed by atoms with van der Waals surface area (Å²) in [5, 5.41) is 3.60. The first-order chi connectivity index (χ1) is 10.9. The zero-order valence-corrected chi connectivity index (χ0v) is 14.9. The first kappa shape index (κ1) is 17.9. The van der Waals surface area contributed by atoms with Gasteiger partial charge in [-0.2, -0.15) is 0 Å². The lowest BCUT2D eigenvalue weighted by atomic mass is 10.1. The van der Waals surface area contributed by atoms with Crippen molar-refractivity contribution in [3.63, 3.8) is 0 Å². The molecular weight excluding hydrogens is 353 g/mol. The van der Waals surface area contributed by atoms with Gasteiger partial charge in [0.1, 0.15) is 0 Å². The van der Waals surface area contributed by atoms with Gasteiger partial charge in [-0.3, -0.25) is 9.59 Å². The molecule has 1 amide bonds. The number of carbonyl (C=O) groups excluding carboxylic acids is 2. The maximum Gasteiger partial charge on any atom is 0.237 e. The number of anilines is 1. The van der Waals surface area contributed by atoms with Gasteiger partial charge in [0.2, 0.25) is 5.91 Å². The molecule has 0 aliphatic heterocycles. The summed E-state index contributed by atoms with van der Waals surface area (Å²) in [4.78, 5) is 24.3. The number of thioether (sulfide) groups is 1. The minimum atomic E-state index is -0.349. The molecule has 0 saturated carbocycles. The first-order valence-electron chi connectivity index (χ1n) is 6.90. The van der Waals surface area contributed by atoms with E-state index in [1.165, 1.54) is 18.7 Å². The average molecular weight is 368 g/mol. The Labute approximate surface area is 149 Å². The molecule has 0 bridgehead atoms. The number of halogens is 2. The van der Waals surface area contributed by atoms with Gasteiger partial charge in [-0.1, -0.05) is 23.2 Å². The first-order valence-corrected chi connectivity index (χ1v) is 8.54. The highest BCUT2D eigenvalue weighted by atomic mass is 35.5. The summed E-state index contributed by atoms with van der Waals surface area (Å²) < 4.78 is 0. The summed E-state index contributed by atoms with van der Waals surface area (Å²) in [6, 6.07) is 11.9. The van der Waals surface area contributed by atoms with E-state index in [-0.39, 0.29) is 16.9 Å². The third kappa shape index (κ3) is 4.99. The molecule has 0 aliphatic carbocycles. The maximum absolute atomic E-state index is 12.3. The Morgan fingerprint density at radius 2 is 1.74 bits per heavy atom. The summed E-state index contributed by atoms with van der Waals surface area (Å²) in [5.41, 5.74) is 1.25. The van der Waals surface area contributed by atoms with Gasteiger partial charge in [0, 0.05) is 21.2 Å². The van der Waals surface area contributed by atoms with Crippen LogP contribution in [0, 0.1) is 0 Å². The fourth-order valence-electron chi connectivity index (χ4n) is 1.84. The molecule has 0 fully saturated rings. The molecule has 120 valence electrons. The Balaban J connectivity index is 2.02. The average Bonchev–Trinajstić information content (AvgIpc) is 2.51. The number of hydrogen-bond donors (Lipinski definition) is 1. The van der Waals surface area contributed by atoms with Gasteiger partial charge in [-0.25, -0.2) is 0 Å². The minimum Gasteiger partial charge on any atom is -0.325 e. The van der Waals surface area contributed by atoms with Crippen molar-refractivity contribution in [1.29, 1.82) is 0 Å². The van der Waals surface area contributed by atoms with Gasteiger partial charge in [-0.15, -0.1) is 11.8 Å². The van der Waals surface area contributed by atoms with E-state index in [1.807, 2.05) is 0 Å². The number of nitrogens with one attached hydrogen (secondary N) is 1. The topological polar surface area (TPSA) is 46.2 Å². The number of amides is 1. The third-order valence-corrected chi connectivity index (χ3v) is 4.96. The van der Waals surface area contributed by atoms with Gasteiger partial charge in [0.25, 0.3) is 0 Å². The summed E-state index contributed by atoms with van der Waals surface area (Å²) in [6.45, 7) is 3.29. The quantitative estimate of drug-likeness (QED) is 0.574. The van der Waals surface area contributed by atoms with Gasteiger partial charge in [0.15, 0.2) is 5.78 Å². The van der Waals surface area contributed by atoms with Crippen LogP contribution in [0.1, 0.15) is 24.2 Å². The molecule has 0 radical (unpaired) electrons. The van der Waals surface area contributed by atoms with E-state index in [0.29, 0.717) is 21.3 Å². The number of benzene rings is 2. The Morgan fingerprint density at radius 1 is 1.09 bits per heavy atom. The number of carbonyl (C=O) groups is 2. The van der Waals surface area contributed by atoms with E-state index in [1.54, 1.807) is 49.4 Å². The highest BCUT2D eigenvalue weighted by Gasteiger charge is 2.16. The second-order valence-corrected chi connectivity index (χ2v) is 7.18. The Bertz CT molecular complexity index is 732. The van der Waals surface area contributed by atoms with Crippen molar-refractivity contribution in [1.82, 2.24) is 0 Å². The predicted molar refractivity (Wildman–Crippen MR) is 96.9 cm³/mol. The van der Waals surface area contributed by atoms with Gasteiger partial charge in [-0.05, 0) is 56.3 Å². The molecular formula is C17H15Cl2NO2S. The van der Waals surface area contributed by atoms with Crippen LogP contribution in [0.25, 0.3) is 0 Å².